The molecule has 0 saturated heterocycles. The third-order valence-electron chi connectivity index (χ3n) is 4.37. The van der Waals surface area contributed by atoms with Gasteiger partial charge in [0.2, 0.25) is 0 Å². The van der Waals surface area contributed by atoms with Crippen LogP contribution in [-0.4, -0.2) is 23.0 Å². The first kappa shape index (κ1) is 18.7. The molecule has 0 aliphatic heterocycles. The van der Waals surface area contributed by atoms with E-state index in [1.807, 2.05) is 18.2 Å². The zero-order chi connectivity index (χ0) is 18.7. The molecule has 1 aliphatic carbocycles. The van der Waals surface area contributed by atoms with Gasteiger partial charge in [0.15, 0.2) is 6.10 Å². The van der Waals surface area contributed by atoms with Gasteiger partial charge in [0.05, 0.1) is 16.6 Å². The molecule has 0 unspecified atom stereocenters. The molecule has 0 fully saturated rings. The number of rotatable bonds is 4. The van der Waals surface area contributed by atoms with E-state index in [1.165, 1.54) is 24.8 Å². The molecule has 1 aromatic carbocycles. The van der Waals surface area contributed by atoms with Crippen molar-refractivity contribution >= 4 is 35.1 Å². The van der Waals surface area contributed by atoms with Gasteiger partial charge in [-0.1, -0.05) is 47.5 Å². The van der Waals surface area contributed by atoms with Crippen molar-refractivity contribution in [3.8, 4) is 0 Å². The highest BCUT2D eigenvalue weighted by atomic mass is 35.5. The highest BCUT2D eigenvalue weighted by Crippen LogP contribution is 2.29. The number of aromatic nitrogens is 1. The summed E-state index contributed by atoms with van der Waals surface area (Å²) in [5.41, 5.74) is 2.51. The fourth-order valence-corrected chi connectivity index (χ4v) is 3.28. The SMILES string of the molecule is C[C@H](OC(=O)c1cnc(Cl)c(Cl)c1)C(=O)N[C@H]1CCCc2ccccc21. The maximum absolute atomic E-state index is 12.5. The Morgan fingerprint density at radius 2 is 2.08 bits per heavy atom. The molecule has 1 amide bonds. The van der Waals surface area contributed by atoms with Crippen LogP contribution in [0.2, 0.25) is 10.2 Å². The third-order valence-corrected chi connectivity index (χ3v) is 5.06. The number of hydrogen-bond donors (Lipinski definition) is 1. The molecule has 1 N–H and O–H groups in total. The molecule has 0 bridgehead atoms. The lowest BCUT2D eigenvalue weighted by molar-refractivity contribution is -0.130. The molecule has 26 heavy (non-hydrogen) atoms. The number of fused-ring (bicyclic) bond motifs is 1. The predicted octanol–water partition coefficient (Wildman–Crippen LogP) is 4.13. The maximum Gasteiger partial charge on any atom is 0.340 e. The van der Waals surface area contributed by atoms with Crippen molar-refractivity contribution in [3.63, 3.8) is 0 Å². The van der Waals surface area contributed by atoms with Crippen LogP contribution < -0.4 is 5.32 Å². The highest BCUT2D eigenvalue weighted by Gasteiger charge is 2.25. The van der Waals surface area contributed by atoms with Gasteiger partial charge in [-0.2, -0.15) is 0 Å². The number of ether oxygens (including phenoxy) is 1. The quantitative estimate of drug-likeness (QED) is 0.627. The Kier molecular flexibility index (Phi) is 5.79. The monoisotopic (exact) mass is 392 g/mol. The topological polar surface area (TPSA) is 68.3 Å². The summed E-state index contributed by atoms with van der Waals surface area (Å²) in [7, 11) is 0. The minimum atomic E-state index is -0.939. The van der Waals surface area contributed by atoms with Gasteiger partial charge >= 0.3 is 5.97 Å². The van der Waals surface area contributed by atoms with Gasteiger partial charge in [0.1, 0.15) is 5.15 Å². The van der Waals surface area contributed by atoms with E-state index in [1.54, 1.807) is 0 Å². The van der Waals surface area contributed by atoms with Gasteiger partial charge in [-0.15, -0.1) is 0 Å². The summed E-state index contributed by atoms with van der Waals surface area (Å²) in [6, 6.07) is 9.36. The van der Waals surface area contributed by atoms with Crippen molar-refractivity contribution in [2.45, 2.75) is 38.3 Å². The average molecular weight is 393 g/mol. The van der Waals surface area contributed by atoms with E-state index >= 15 is 0 Å². The number of nitrogens with zero attached hydrogens (tertiary/aromatic N) is 1. The molecule has 1 aromatic heterocycles. The van der Waals surface area contributed by atoms with Crippen molar-refractivity contribution in [3.05, 3.63) is 63.4 Å². The molecule has 1 heterocycles. The molecule has 0 saturated carbocycles. The number of nitrogens with one attached hydrogen (secondary N) is 1. The summed E-state index contributed by atoms with van der Waals surface area (Å²) in [6.07, 6.45) is 3.20. The van der Waals surface area contributed by atoms with E-state index in [4.69, 9.17) is 27.9 Å². The number of amides is 1. The summed E-state index contributed by atoms with van der Waals surface area (Å²) < 4.78 is 5.23. The molecule has 5 nitrogen and oxygen atoms in total. The second-order valence-corrected chi connectivity index (χ2v) is 6.96. The van der Waals surface area contributed by atoms with E-state index in [-0.39, 0.29) is 27.7 Å². The summed E-state index contributed by atoms with van der Waals surface area (Å²) in [5.74, 6) is -1.02. The zero-order valence-electron chi connectivity index (χ0n) is 14.2. The zero-order valence-corrected chi connectivity index (χ0v) is 15.7. The molecular weight excluding hydrogens is 375 g/mol. The Balaban J connectivity index is 1.63. The van der Waals surface area contributed by atoms with Gasteiger partial charge in [-0.05, 0) is 43.4 Å². The fourth-order valence-electron chi connectivity index (χ4n) is 3.01. The predicted molar refractivity (Wildman–Crippen MR) is 99.4 cm³/mol. The fraction of sp³-hybridized carbons (Fsp3) is 0.316. The van der Waals surface area contributed by atoms with Gasteiger partial charge in [0.25, 0.3) is 5.91 Å². The van der Waals surface area contributed by atoms with Gasteiger partial charge in [0, 0.05) is 6.20 Å². The Morgan fingerprint density at radius 1 is 1.31 bits per heavy atom. The normalized spacial score (nSPS) is 17.1. The van der Waals surface area contributed by atoms with Crippen molar-refractivity contribution in [2.75, 3.05) is 0 Å². The van der Waals surface area contributed by atoms with Gasteiger partial charge < -0.3 is 10.1 Å². The molecule has 1 aliphatic rings. The van der Waals surface area contributed by atoms with Crippen molar-refractivity contribution in [2.24, 2.45) is 0 Å². The van der Waals surface area contributed by atoms with Crippen LogP contribution in [0.15, 0.2) is 36.5 Å². The second-order valence-electron chi connectivity index (χ2n) is 6.20. The van der Waals surface area contributed by atoms with E-state index in [9.17, 15) is 9.59 Å². The molecular formula is C19H18Cl2N2O3. The lowest BCUT2D eigenvalue weighted by Crippen LogP contribution is -2.39. The van der Waals surface area contributed by atoms with E-state index < -0.39 is 12.1 Å². The minimum Gasteiger partial charge on any atom is -0.449 e. The Hall–Kier alpha value is -2.11. The highest BCUT2D eigenvalue weighted by molar-refractivity contribution is 6.41. The number of carbonyl (C=O) groups excluding carboxylic acids is 2. The molecule has 2 aromatic rings. The molecule has 0 spiro atoms. The number of aryl methyl sites for hydroxylation is 1. The number of halogens is 2. The van der Waals surface area contributed by atoms with Crippen LogP contribution in [0, 0.1) is 0 Å². The summed E-state index contributed by atoms with van der Waals surface area (Å²) in [4.78, 5) is 28.4. The first-order valence-electron chi connectivity index (χ1n) is 8.36. The smallest absolute Gasteiger partial charge is 0.340 e. The van der Waals surface area contributed by atoms with Crippen LogP contribution in [0.4, 0.5) is 0 Å². The van der Waals surface area contributed by atoms with Crippen LogP contribution in [0.1, 0.15) is 47.3 Å². The number of esters is 1. The number of benzene rings is 1. The largest absolute Gasteiger partial charge is 0.449 e. The lowest BCUT2D eigenvalue weighted by Gasteiger charge is -2.27. The van der Waals surface area contributed by atoms with Gasteiger partial charge in [-0.25, -0.2) is 9.78 Å². The summed E-state index contributed by atoms with van der Waals surface area (Å²) in [6.45, 7) is 1.53. The van der Waals surface area contributed by atoms with Crippen LogP contribution in [0.3, 0.4) is 0 Å². The number of hydrogen-bond acceptors (Lipinski definition) is 4. The summed E-state index contributed by atoms with van der Waals surface area (Å²) in [5, 5.41) is 3.23. The average Bonchev–Trinajstić information content (AvgIpc) is 2.64. The van der Waals surface area contributed by atoms with Crippen LogP contribution in [0.5, 0.6) is 0 Å². The van der Waals surface area contributed by atoms with Gasteiger partial charge in [-0.3, -0.25) is 4.79 Å². The Bertz CT molecular complexity index is 841. The molecule has 2 atom stereocenters. The molecule has 136 valence electrons. The standard InChI is InChI=1S/C19H18Cl2N2O3/c1-11(26-19(25)13-9-15(20)17(21)22-10-13)18(24)23-16-8-4-6-12-5-2-3-7-14(12)16/h2-3,5,7,9-11,16H,4,6,8H2,1H3,(H,23,24)/t11-,16-/m0/s1. The van der Waals surface area contributed by atoms with Crippen LogP contribution in [-0.2, 0) is 16.0 Å². The van der Waals surface area contributed by atoms with Crippen molar-refractivity contribution in [1.29, 1.82) is 0 Å². The number of carbonyl (C=O) groups is 2. The van der Waals surface area contributed by atoms with Crippen molar-refractivity contribution in [1.82, 2.24) is 10.3 Å². The first-order chi connectivity index (χ1) is 12.5. The summed E-state index contributed by atoms with van der Waals surface area (Å²) >= 11 is 11.6. The van der Waals surface area contributed by atoms with E-state index in [0.29, 0.717) is 0 Å². The Labute approximate surface area is 161 Å². The molecule has 0 radical (unpaired) electrons. The maximum atomic E-state index is 12.5. The molecule has 7 heteroatoms. The van der Waals surface area contributed by atoms with Crippen LogP contribution >= 0.6 is 23.2 Å². The number of pyridine rings is 1. The lowest BCUT2D eigenvalue weighted by atomic mass is 9.87. The first-order valence-corrected chi connectivity index (χ1v) is 9.11. The van der Waals surface area contributed by atoms with E-state index in [2.05, 4.69) is 16.4 Å². The molecule has 3 rings (SSSR count). The second kappa shape index (κ2) is 8.06. The van der Waals surface area contributed by atoms with E-state index in [0.717, 1.165) is 24.8 Å². The Morgan fingerprint density at radius 3 is 2.85 bits per heavy atom. The minimum absolute atomic E-state index is 0.0692. The van der Waals surface area contributed by atoms with Crippen LogP contribution in [0.25, 0.3) is 0 Å². The van der Waals surface area contributed by atoms with Crippen molar-refractivity contribution < 1.29 is 14.3 Å². The third kappa shape index (κ3) is 4.17.